The highest BCUT2D eigenvalue weighted by Crippen LogP contribution is 2.22. The molecule has 0 saturated carbocycles. The zero-order valence-electron chi connectivity index (χ0n) is 33.7. The second-order valence-corrected chi connectivity index (χ2v) is 17.9. The number of allylic oxidation sites excluding steroid dienone is 8. The van der Waals surface area contributed by atoms with E-state index in [4.69, 9.17) is 9.83 Å². The molecule has 0 saturated heterocycles. The summed E-state index contributed by atoms with van der Waals surface area (Å²) in [5, 5.41) is 4.20. The van der Waals surface area contributed by atoms with Gasteiger partial charge in [0.1, 0.15) is 5.60 Å². The van der Waals surface area contributed by atoms with Gasteiger partial charge < -0.3 is 4.84 Å². The molecule has 0 amide bonds. The molecular weight excluding hydrogens is 548 g/mol. The van der Waals surface area contributed by atoms with Crippen LogP contribution in [0, 0.1) is 10.8 Å². The van der Waals surface area contributed by atoms with Crippen LogP contribution in [0.4, 0.5) is 0 Å². The van der Waals surface area contributed by atoms with Crippen LogP contribution < -0.4 is 0 Å². The summed E-state index contributed by atoms with van der Waals surface area (Å²) in [4.78, 5) is 10.2. The molecule has 0 aromatic rings. The van der Waals surface area contributed by atoms with E-state index < -0.39 is 0 Å². The number of aliphatic imine (C=N–C) groups is 1. The lowest BCUT2D eigenvalue weighted by atomic mass is 9.91. The van der Waals surface area contributed by atoms with Crippen molar-refractivity contribution in [2.75, 3.05) is 0 Å². The standard InChI is InChI=1S/C21H39NO.C21H39N/c1-17(13-14-19(3)22-23-21(7,8)9)11-10-12-18(2)15-16-20(4,5)6;1-17(13-14-19(3)22-21(7,8)9)11-10-12-18(2)15-16-20(4,5)6/h11,15H,10,12-14,16H2,1-9H3;11,15H,10,12-14,16H2,1-9H3/b17-11+,18-15+,22-19+;17-11+,18-15+,22-19?. The molecule has 0 aromatic heterocycles. The predicted octanol–water partition coefficient (Wildman–Crippen LogP) is 14.2. The zero-order chi connectivity index (χ0) is 35.5. The van der Waals surface area contributed by atoms with Crippen molar-refractivity contribution < 1.29 is 4.84 Å². The molecule has 262 valence electrons. The van der Waals surface area contributed by atoms with Crippen molar-refractivity contribution in [2.24, 2.45) is 21.0 Å². The predicted molar refractivity (Wildman–Crippen MR) is 207 cm³/mol. The maximum Gasteiger partial charge on any atom is 0.129 e. The number of nitrogens with zero attached hydrogens (tertiary/aromatic N) is 2. The first kappa shape index (κ1) is 45.2. The highest BCUT2D eigenvalue weighted by atomic mass is 16.6. The number of hydrogen-bond donors (Lipinski definition) is 0. The molecule has 0 rings (SSSR count). The van der Waals surface area contributed by atoms with Gasteiger partial charge in [0.2, 0.25) is 0 Å². The van der Waals surface area contributed by atoms with E-state index in [1.807, 2.05) is 27.7 Å². The molecule has 0 N–H and O–H groups in total. The summed E-state index contributed by atoms with van der Waals surface area (Å²) in [7, 11) is 0. The summed E-state index contributed by atoms with van der Waals surface area (Å²) in [5.41, 5.74) is 8.92. The van der Waals surface area contributed by atoms with E-state index >= 15 is 0 Å². The molecule has 0 aliphatic rings. The minimum atomic E-state index is -0.205. The lowest BCUT2D eigenvalue weighted by Gasteiger charge is -2.16. The number of hydrogen-bond acceptors (Lipinski definition) is 3. The van der Waals surface area contributed by atoms with E-state index in [1.54, 1.807) is 0 Å². The monoisotopic (exact) mass is 627 g/mol. The van der Waals surface area contributed by atoms with Gasteiger partial charge in [-0.2, -0.15) is 0 Å². The summed E-state index contributed by atoms with van der Waals surface area (Å²) in [6, 6.07) is 0. The van der Waals surface area contributed by atoms with Gasteiger partial charge in [-0.1, -0.05) is 93.3 Å². The van der Waals surface area contributed by atoms with Crippen molar-refractivity contribution in [1.82, 2.24) is 0 Å². The summed E-state index contributed by atoms with van der Waals surface area (Å²) >= 11 is 0. The average molecular weight is 627 g/mol. The Labute approximate surface area is 283 Å². The summed E-state index contributed by atoms with van der Waals surface area (Å²) in [6.07, 6.45) is 20.8. The summed E-state index contributed by atoms with van der Waals surface area (Å²) in [6.45, 7) is 39.4. The average Bonchev–Trinajstić information content (AvgIpc) is 2.85. The third-order valence-electron chi connectivity index (χ3n) is 6.95. The molecule has 0 spiro atoms. The fourth-order valence-electron chi connectivity index (χ4n) is 4.11. The quantitative estimate of drug-likeness (QED) is 0.101. The van der Waals surface area contributed by atoms with Crippen molar-refractivity contribution >= 4 is 11.4 Å². The Hall–Kier alpha value is -1.90. The number of oxime groups is 1. The maximum atomic E-state index is 5.45. The molecule has 0 aliphatic heterocycles. The fourth-order valence-corrected chi connectivity index (χ4v) is 4.11. The Bertz CT molecular complexity index is 1000. The van der Waals surface area contributed by atoms with Gasteiger partial charge >= 0.3 is 0 Å². The molecule has 45 heavy (non-hydrogen) atoms. The Balaban J connectivity index is 0. The second-order valence-electron chi connectivity index (χ2n) is 17.9. The molecular formula is C42H78N2O. The van der Waals surface area contributed by atoms with Gasteiger partial charge in [-0.3, -0.25) is 4.99 Å². The SMILES string of the molecule is C/C(=C\CC(C)(C)C)CC/C=C(\C)CC/C(C)=N/OC(C)(C)C.CC(CC/C(C)=C/CC/C(C)=C/CC(C)(C)C)=NC(C)(C)C. The molecule has 0 aromatic carbocycles. The van der Waals surface area contributed by atoms with E-state index in [9.17, 15) is 0 Å². The van der Waals surface area contributed by atoms with Gasteiger partial charge in [0.25, 0.3) is 0 Å². The van der Waals surface area contributed by atoms with Crippen LogP contribution >= 0.6 is 0 Å². The van der Waals surface area contributed by atoms with Gasteiger partial charge in [-0.05, 0) is 158 Å². The third-order valence-corrected chi connectivity index (χ3v) is 6.95. The molecule has 0 fully saturated rings. The van der Waals surface area contributed by atoms with Crippen LogP contribution in [0.5, 0.6) is 0 Å². The van der Waals surface area contributed by atoms with E-state index in [0.29, 0.717) is 10.8 Å². The van der Waals surface area contributed by atoms with Crippen molar-refractivity contribution in [3.8, 4) is 0 Å². The van der Waals surface area contributed by atoms with E-state index in [-0.39, 0.29) is 11.1 Å². The first-order valence-electron chi connectivity index (χ1n) is 17.7. The normalized spacial score (nSPS) is 15.2. The molecule has 0 bridgehead atoms. The van der Waals surface area contributed by atoms with E-state index in [0.717, 1.165) is 57.1 Å². The van der Waals surface area contributed by atoms with Crippen molar-refractivity contribution in [2.45, 2.75) is 200 Å². The highest BCUT2D eigenvalue weighted by Gasteiger charge is 2.11. The number of rotatable bonds is 15. The first-order chi connectivity index (χ1) is 20.3. The second kappa shape index (κ2) is 21.8. The van der Waals surface area contributed by atoms with Crippen LogP contribution in [0.25, 0.3) is 0 Å². The van der Waals surface area contributed by atoms with Crippen LogP contribution in [0.3, 0.4) is 0 Å². The Kier molecular flexibility index (Phi) is 21.9. The topological polar surface area (TPSA) is 34.0 Å². The van der Waals surface area contributed by atoms with Crippen LogP contribution in [0.1, 0.15) is 189 Å². The Morgan fingerprint density at radius 3 is 1.16 bits per heavy atom. The molecule has 3 nitrogen and oxygen atoms in total. The van der Waals surface area contributed by atoms with Crippen molar-refractivity contribution in [3.63, 3.8) is 0 Å². The summed E-state index contributed by atoms with van der Waals surface area (Å²) < 4.78 is 0. The Morgan fingerprint density at radius 2 is 0.822 bits per heavy atom. The maximum absolute atomic E-state index is 5.45. The smallest absolute Gasteiger partial charge is 0.129 e. The largest absolute Gasteiger partial charge is 0.390 e. The van der Waals surface area contributed by atoms with Crippen molar-refractivity contribution in [3.05, 3.63) is 46.6 Å². The van der Waals surface area contributed by atoms with Gasteiger partial charge in [-0.25, -0.2) is 0 Å². The van der Waals surface area contributed by atoms with Gasteiger partial charge in [0.05, 0.1) is 11.3 Å². The van der Waals surface area contributed by atoms with Crippen LogP contribution in [-0.4, -0.2) is 22.6 Å². The van der Waals surface area contributed by atoms with Crippen molar-refractivity contribution in [1.29, 1.82) is 0 Å². The minimum absolute atomic E-state index is 0.0522. The Morgan fingerprint density at radius 1 is 0.467 bits per heavy atom. The first-order valence-corrected chi connectivity index (χ1v) is 17.7. The third kappa shape index (κ3) is 36.4. The van der Waals surface area contributed by atoms with Gasteiger partial charge in [0.15, 0.2) is 0 Å². The molecule has 3 heteroatoms. The lowest BCUT2D eigenvalue weighted by Crippen LogP contribution is -2.16. The van der Waals surface area contributed by atoms with E-state index in [2.05, 4.69) is 126 Å². The molecule has 0 radical (unpaired) electrons. The minimum Gasteiger partial charge on any atom is -0.390 e. The van der Waals surface area contributed by atoms with Crippen LogP contribution in [0.15, 0.2) is 56.7 Å². The highest BCUT2D eigenvalue weighted by molar-refractivity contribution is 5.82. The van der Waals surface area contributed by atoms with Crippen LogP contribution in [0.2, 0.25) is 0 Å². The van der Waals surface area contributed by atoms with Gasteiger partial charge in [-0.15, -0.1) is 0 Å². The fraction of sp³-hybridized carbons (Fsp3) is 0.762. The summed E-state index contributed by atoms with van der Waals surface area (Å²) in [5.74, 6) is 0. The molecule has 0 aliphatic carbocycles. The lowest BCUT2D eigenvalue weighted by molar-refractivity contribution is 0.000467. The van der Waals surface area contributed by atoms with E-state index in [1.165, 1.54) is 40.8 Å². The van der Waals surface area contributed by atoms with Gasteiger partial charge in [0, 0.05) is 5.71 Å². The zero-order valence-corrected chi connectivity index (χ0v) is 33.7. The molecule has 0 heterocycles. The van der Waals surface area contributed by atoms with Crippen LogP contribution in [-0.2, 0) is 4.84 Å². The molecule has 0 atom stereocenters. The molecule has 0 unspecified atom stereocenters.